The molecular formula is C15H14Cl2FN. The van der Waals surface area contributed by atoms with Crippen LogP contribution in [0.3, 0.4) is 0 Å². The molecule has 0 fully saturated rings. The molecule has 0 aliphatic carbocycles. The summed E-state index contributed by atoms with van der Waals surface area (Å²) in [7, 11) is 0. The molecule has 0 heterocycles. The Morgan fingerprint density at radius 1 is 1.16 bits per heavy atom. The Bertz CT molecular complexity index is 572. The Morgan fingerprint density at radius 2 is 1.95 bits per heavy atom. The van der Waals surface area contributed by atoms with E-state index in [9.17, 15) is 4.39 Å². The molecular weight excluding hydrogens is 284 g/mol. The lowest BCUT2D eigenvalue weighted by Gasteiger charge is -2.14. The zero-order valence-corrected chi connectivity index (χ0v) is 12.0. The first-order valence-electron chi connectivity index (χ1n) is 5.99. The van der Waals surface area contributed by atoms with Gasteiger partial charge in [-0.15, -0.1) is 0 Å². The molecule has 2 aromatic carbocycles. The first kappa shape index (κ1) is 14.3. The van der Waals surface area contributed by atoms with Crippen LogP contribution in [0.2, 0.25) is 10.0 Å². The quantitative estimate of drug-likeness (QED) is 0.839. The molecule has 1 atom stereocenters. The predicted octanol–water partition coefficient (Wildman–Crippen LogP) is 4.98. The molecule has 0 unspecified atom stereocenters. The molecule has 2 rings (SSSR count). The summed E-state index contributed by atoms with van der Waals surface area (Å²) in [4.78, 5) is 0. The van der Waals surface area contributed by atoms with Crippen LogP contribution in [-0.2, 0) is 6.54 Å². The Morgan fingerprint density at radius 3 is 2.63 bits per heavy atom. The van der Waals surface area contributed by atoms with Gasteiger partial charge in [-0.05, 0) is 42.3 Å². The highest BCUT2D eigenvalue weighted by atomic mass is 35.5. The average molecular weight is 298 g/mol. The highest BCUT2D eigenvalue weighted by Gasteiger charge is 2.06. The maximum absolute atomic E-state index is 13.3. The van der Waals surface area contributed by atoms with Crippen LogP contribution in [0, 0.1) is 5.82 Å². The molecule has 100 valence electrons. The van der Waals surface area contributed by atoms with Crippen molar-refractivity contribution in [3.8, 4) is 0 Å². The molecule has 0 spiro atoms. The van der Waals surface area contributed by atoms with Gasteiger partial charge in [-0.1, -0.05) is 41.4 Å². The Hall–Kier alpha value is -1.09. The van der Waals surface area contributed by atoms with Crippen LogP contribution in [0.5, 0.6) is 0 Å². The fourth-order valence-electron chi connectivity index (χ4n) is 1.81. The molecule has 0 saturated heterocycles. The third-order valence-corrected chi connectivity index (χ3v) is 3.49. The minimum Gasteiger partial charge on any atom is -0.306 e. The average Bonchev–Trinajstić information content (AvgIpc) is 2.40. The summed E-state index contributed by atoms with van der Waals surface area (Å²) in [5.41, 5.74) is 1.96. The van der Waals surface area contributed by atoms with Gasteiger partial charge in [0.15, 0.2) is 0 Å². The molecule has 0 aromatic heterocycles. The molecule has 0 amide bonds. The molecule has 1 nitrogen and oxygen atoms in total. The molecule has 2 aromatic rings. The SMILES string of the molecule is C[C@H](NCc1ccc(Cl)c(F)c1)c1cccc(Cl)c1. The van der Waals surface area contributed by atoms with Crippen molar-refractivity contribution in [1.29, 1.82) is 0 Å². The topological polar surface area (TPSA) is 12.0 Å². The smallest absolute Gasteiger partial charge is 0.142 e. The van der Waals surface area contributed by atoms with Crippen LogP contribution in [0.15, 0.2) is 42.5 Å². The molecule has 0 aliphatic heterocycles. The van der Waals surface area contributed by atoms with E-state index in [1.54, 1.807) is 6.07 Å². The van der Waals surface area contributed by atoms with E-state index in [4.69, 9.17) is 23.2 Å². The summed E-state index contributed by atoms with van der Waals surface area (Å²) >= 11 is 11.6. The molecule has 1 N–H and O–H groups in total. The van der Waals surface area contributed by atoms with Gasteiger partial charge in [-0.25, -0.2) is 4.39 Å². The second-order valence-electron chi connectivity index (χ2n) is 4.41. The van der Waals surface area contributed by atoms with Crippen molar-refractivity contribution in [1.82, 2.24) is 5.32 Å². The van der Waals surface area contributed by atoms with Crippen molar-refractivity contribution in [3.05, 3.63) is 69.5 Å². The minimum atomic E-state index is -0.392. The molecule has 19 heavy (non-hydrogen) atoms. The molecule has 0 bridgehead atoms. The lowest BCUT2D eigenvalue weighted by atomic mass is 10.1. The van der Waals surface area contributed by atoms with Crippen LogP contribution >= 0.6 is 23.2 Å². The summed E-state index contributed by atoms with van der Waals surface area (Å²) in [5, 5.41) is 4.18. The first-order valence-corrected chi connectivity index (χ1v) is 6.74. The predicted molar refractivity (Wildman–Crippen MR) is 78.1 cm³/mol. The largest absolute Gasteiger partial charge is 0.306 e. The molecule has 0 saturated carbocycles. The summed E-state index contributed by atoms with van der Waals surface area (Å²) in [6.07, 6.45) is 0. The van der Waals surface area contributed by atoms with Gasteiger partial charge in [0, 0.05) is 17.6 Å². The van der Waals surface area contributed by atoms with E-state index in [2.05, 4.69) is 5.32 Å². The summed E-state index contributed by atoms with van der Waals surface area (Å²) < 4.78 is 13.3. The van der Waals surface area contributed by atoms with Gasteiger partial charge in [0.1, 0.15) is 5.82 Å². The van der Waals surface area contributed by atoms with Crippen molar-refractivity contribution in [3.63, 3.8) is 0 Å². The van der Waals surface area contributed by atoms with Gasteiger partial charge in [-0.2, -0.15) is 0 Å². The summed E-state index contributed by atoms with van der Waals surface area (Å²) in [6.45, 7) is 2.61. The van der Waals surface area contributed by atoms with Crippen molar-refractivity contribution < 1.29 is 4.39 Å². The number of halogens is 3. The van der Waals surface area contributed by atoms with Crippen molar-refractivity contribution >= 4 is 23.2 Å². The number of benzene rings is 2. The Kier molecular flexibility index (Phi) is 4.81. The maximum Gasteiger partial charge on any atom is 0.142 e. The second-order valence-corrected chi connectivity index (χ2v) is 5.25. The molecule has 4 heteroatoms. The van der Waals surface area contributed by atoms with E-state index in [1.165, 1.54) is 6.07 Å². The van der Waals surface area contributed by atoms with E-state index in [-0.39, 0.29) is 11.1 Å². The van der Waals surface area contributed by atoms with E-state index in [0.717, 1.165) is 11.1 Å². The number of rotatable bonds is 4. The van der Waals surface area contributed by atoms with Gasteiger partial charge < -0.3 is 5.32 Å². The van der Waals surface area contributed by atoms with Gasteiger partial charge in [0.2, 0.25) is 0 Å². The lowest BCUT2D eigenvalue weighted by molar-refractivity contribution is 0.569. The number of nitrogens with one attached hydrogen (secondary N) is 1. The fourth-order valence-corrected chi connectivity index (χ4v) is 2.13. The zero-order chi connectivity index (χ0) is 13.8. The third-order valence-electron chi connectivity index (χ3n) is 2.95. The van der Waals surface area contributed by atoms with Crippen LogP contribution in [0.25, 0.3) is 0 Å². The van der Waals surface area contributed by atoms with Gasteiger partial charge in [-0.3, -0.25) is 0 Å². The standard InChI is InChI=1S/C15H14Cl2FN/c1-10(12-3-2-4-13(16)8-12)19-9-11-5-6-14(17)15(18)7-11/h2-8,10,19H,9H2,1H3/t10-/m0/s1. The monoisotopic (exact) mass is 297 g/mol. The first-order chi connectivity index (χ1) is 9.06. The summed E-state index contributed by atoms with van der Waals surface area (Å²) in [5.74, 6) is -0.392. The Balaban J connectivity index is 2.00. The number of hydrogen-bond acceptors (Lipinski definition) is 1. The van der Waals surface area contributed by atoms with Crippen LogP contribution in [0.1, 0.15) is 24.1 Å². The summed E-state index contributed by atoms with van der Waals surface area (Å²) in [6, 6.07) is 12.6. The highest BCUT2D eigenvalue weighted by Crippen LogP contribution is 2.19. The van der Waals surface area contributed by atoms with Gasteiger partial charge in [0.05, 0.1) is 5.02 Å². The van der Waals surface area contributed by atoms with Gasteiger partial charge in [0.25, 0.3) is 0 Å². The van der Waals surface area contributed by atoms with Crippen molar-refractivity contribution in [2.24, 2.45) is 0 Å². The normalized spacial score (nSPS) is 12.4. The maximum atomic E-state index is 13.3. The van der Waals surface area contributed by atoms with Crippen molar-refractivity contribution in [2.45, 2.75) is 19.5 Å². The molecule has 0 radical (unpaired) electrons. The highest BCUT2D eigenvalue weighted by molar-refractivity contribution is 6.30. The molecule has 0 aliphatic rings. The Labute approximate surface area is 122 Å². The van der Waals surface area contributed by atoms with E-state index in [0.29, 0.717) is 11.6 Å². The number of hydrogen-bond donors (Lipinski definition) is 1. The second kappa shape index (κ2) is 6.38. The van der Waals surface area contributed by atoms with E-state index in [1.807, 2.05) is 37.3 Å². The van der Waals surface area contributed by atoms with E-state index >= 15 is 0 Å². The van der Waals surface area contributed by atoms with Crippen LogP contribution < -0.4 is 5.32 Å². The lowest BCUT2D eigenvalue weighted by Crippen LogP contribution is -2.18. The van der Waals surface area contributed by atoms with Crippen LogP contribution in [-0.4, -0.2) is 0 Å². The minimum absolute atomic E-state index is 0.137. The zero-order valence-electron chi connectivity index (χ0n) is 10.5. The van der Waals surface area contributed by atoms with Crippen molar-refractivity contribution in [2.75, 3.05) is 0 Å². The van der Waals surface area contributed by atoms with E-state index < -0.39 is 5.82 Å². The third kappa shape index (κ3) is 3.93. The van der Waals surface area contributed by atoms with Crippen LogP contribution in [0.4, 0.5) is 4.39 Å². The van der Waals surface area contributed by atoms with Gasteiger partial charge >= 0.3 is 0 Å². The fraction of sp³-hybridized carbons (Fsp3) is 0.200.